The Kier molecular flexibility index (Phi) is 1.70. The predicted molar refractivity (Wildman–Crippen MR) is 29.2 cm³/mol. The van der Waals surface area contributed by atoms with E-state index in [-0.39, 0.29) is 0 Å². The van der Waals surface area contributed by atoms with E-state index in [2.05, 4.69) is 0 Å². The van der Waals surface area contributed by atoms with E-state index in [4.69, 9.17) is 0 Å². The van der Waals surface area contributed by atoms with Gasteiger partial charge in [-0.3, -0.25) is 4.72 Å². The van der Waals surface area contributed by atoms with Crippen LogP contribution in [0.1, 0.15) is 0 Å². The highest BCUT2D eigenvalue weighted by Gasteiger charge is 2.15. The standard InChI is InChI=1S/C4H2F3NS/c5-2-1-9-8-4(7)3(2)6/h1,8H. The van der Waals surface area contributed by atoms with E-state index in [1.165, 1.54) is 0 Å². The van der Waals surface area contributed by atoms with Crippen LogP contribution in [0.15, 0.2) is 23.0 Å². The summed E-state index contributed by atoms with van der Waals surface area (Å²) >= 11 is 0.655. The Balaban J connectivity index is 2.88. The monoisotopic (exact) mass is 153 g/mol. The first-order valence-electron chi connectivity index (χ1n) is 2.05. The van der Waals surface area contributed by atoms with Crippen molar-refractivity contribution < 1.29 is 13.2 Å². The molecule has 1 N–H and O–H groups in total. The Morgan fingerprint density at radius 2 is 2.00 bits per heavy atom. The second kappa shape index (κ2) is 2.34. The van der Waals surface area contributed by atoms with Crippen molar-refractivity contribution in [2.45, 2.75) is 0 Å². The number of rotatable bonds is 0. The van der Waals surface area contributed by atoms with Gasteiger partial charge in [-0.05, 0) is 11.9 Å². The lowest BCUT2D eigenvalue weighted by molar-refractivity contribution is 0.479. The van der Waals surface area contributed by atoms with Gasteiger partial charge in [0, 0.05) is 5.41 Å². The van der Waals surface area contributed by atoms with Crippen LogP contribution in [0.2, 0.25) is 0 Å². The van der Waals surface area contributed by atoms with Crippen molar-refractivity contribution in [2.24, 2.45) is 0 Å². The fourth-order valence-corrected chi connectivity index (χ4v) is 0.793. The third-order valence-corrected chi connectivity index (χ3v) is 1.34. The SMILES string of the molecule is FC1=CSNC(F)=C1F. The third kappa shape index (κ3) is 1.21. The molecule has 1 rings (SSSR count). The van der Waals surface area contributed by atoms with Crippen LogP contribution in [-0.2, 0) is 0 Å². The van der Waals surface area contributed by atoms with Gasteiger partial charge in [-0.2, -0.15) is 8.78 Å². The summed E-state index contributed by atoms with van der Waals surface area (Å²) in [5, 5.41) is 0.846. The number of halogens is 3. The van der Waals surface area contributed by atoms with Crippen molar-refractivity contribution in [2.75, 3.05) is 0 Å². The van der Waals surface area contributed by atoms with Crippen LogP contribution in [0.25, 0.3) is 0 Å². The highest BCUT2D eigenvalue weighted by atomic mass is 32.2. The maximum Gasteiger partial charge on any atom is 0.236 e. The molecule has 0 saturated carbocycles. The molecule has 0 atom stereocenters. The second-order valence-corrected chi connectivity index (χ2v) is 1.99. The highest BCUT2D eigenvalue weighted by Crippen LogP contribution is 2.25. The Morgan fingerprint density at radius 1 is 1.33 bits per heavy atom. The van der Waals surface area contributed by atoms with Crippen LogP contribution in [0.4, 0.5) is 13.2 Å². The molecule has 1 aliphatic rings. The van der Waals surface area contributed by atoms with Gasteiger partial charge in [-0.25, -0.2) is 4.39 Å². The lowest BCUT2D eigenvalue weighted by Gasteiger charge is -2.04. The summed E-state index contributed by atoms with van der Waals surface area (Å²) < 4.78 is 37.7. The van der Waals surface area contributed by atoms with Gasteiger partial charge in [0.1, 0.15) is 0 Å². The molecule has 0 bridgehead atoms. The number of hydrogen-bond donors (Lipinski definition) is 1. The van der Waals surface area contributed by atoms with Crippen molar-refractivity contribution >= 4 is 11.9 Å². The molecule has 0 saturated heterocycles. The molecule has 0 aliphatic carbocycles. The summed E-state index contributed by atoms with van der Waals surface area (Å²) in [6.45, 7) is 0. The first-order chi connectivity index (χ1) is 4.22. The summed E-state index contributed by atoms with van der Waals surface area (Å²) in [4.78, 5) is 0. The lowest BCUT2D eigenvalue weighted by Crippen LogP contribution is -2.03. The van der Waals surface area contributed by atoms with Crippen LogP contribution in [0.3, 0.4) is 0 Å². The first kappa shape index (κ1) is 6.54. The molecular formula is C4H2F3NS. The van der Waals surface area contributed by atoms with E-state index in [1.54, 1.807) is 0 Å². The van der Waals surface area contributed by atoms with E-state index >= 15 is 0 Å². The van der Waals surface area contributed by atoms with Crippen LogP contribution in [0.5, 0.6) is 0 Å². The molecular weight excluding hydrogens is 151 g/mol. The highest BCUT2D eigenvalue weighted by molar-refractivity contribution is 8.00. The Hall–Kier alpha value is -0.580. The fourth-order valence-electron chi connectivity index (χ4n) is 0.334. The number of hydrogen-bond acceptors (Lipinski definition) is 2. The smallest absolute Gasteiger partial charge is 0.236 e. The maximum atomic E-state index is 12.0. The molecule has 1 heterocycles. The predicted octanol–water partition coefficient (Wildman–Crippen LogP) is 2.16. The molecule has 5 heteroatoms. The molecule has 1 aliphatic heterocycles. The third-order valence-electron chi connectivity index (χ3n) is 0.713. The normalized spacial score (nSPS) is 19.2. The van der Waals surface area contributed by atoms with Crippen molar-refractivity contribution in [1.29, 1.82) is 0 Å². The average Bonchev–Trinajstić information content (AvgIpc) is 1.83. The summed E-state index contributed by atoms with van der Waals surface area (Å²) in [5.74, 6) is -3.90. The van der Waals surface area contributed by atoms with E-state index in [1.807, 2.05) is 4.72 Å². The van der Waals surface area contributed by atoms with Crippen molar-refractivity contribution in [3.63, 3.8) is 0 Å². The quantitative estimate of drug-likeness (QED) is 0.422. The van der Waals surface area contributed by atoms with Crippen LogP contribution in [0, 0.1) is 0 Å². The van der Waals surface area contributed by atoms with Crippen LogP contribution in [-0.4, -0.2) is 0 Å². The zero-order valence-corrected chi connectivity index (χ0v) is 4.94. The summed E-state index contributed by atoms with van der Waals surface area (Å²) in [5.41, 5.74) is 0. The molecule has 1 nitrogen and oxygen atoms in total. The van der Waals surface area contributed by atoms with Gasteiger partial charge >= 0.3 is 0 Å². The number of allylic oxidation sites excluding steroid dienone is 2. The molecule has 0 radical (unpaired) electrons. The molecule has 0 aromatic heterocycles. The summed E-state index contributed by atoms with van der Waals surface area (Å²) in [7, 11) is 0. The van der Waals surface area contributed by atoms with Gasteiger partial charge in [-0.15, -0.1) is 0 Å². The molecule has 0 spiro atoms. The van der Waals surface area contributed by atoms with Crippen molar-refractivity contribution in [3.05, 3.63) is 23.0 Å². The van der Waals surface area contributed by atoms with Gasteiger partial charge in [0.15, 0.2) is 5.83 Å². The Morgan fingerprint density at radius 3 is 2.44 bits per heavy atom. The first-order valence-corrected chi connectivity index (χ1v) is 2.93. The average molecular weight is 153 g/mol. The zero-order valence-electron chi connectivity index (χ0n) is 4.12. The lowest BCUT2D eigenvalue weighted by atomic mass is 10.5. The molecule has 0 aromatic carbocycles. The topological polar surface area (TPSA) is 12.0 Å². The molecule has 0 unspecified atom stereocenters. The largest absolute Gasteiger partial charge is 0.300 e. The van der Waals surface area contributed by atoms with Crippen LogP contribution >= 0.6 is 11.9 Å². The zero-order chi connectivity index (χ0) is 6.85. The Labute approximate surface area is 53.8 Å². The molecule has 0 fully saturated rings. The molecule has 0 aromatic rings. The van der Waals surface area contributed by atoms with Gasteiger partial charge in [-0.1, -0.05) is 0 Å². The molecule has 9 heavy (non-hydrogen) atoms. The van der Waals surface area contributed by atoms with Gasteiger partial charge in [0.05, 0.1) is 0 Å². The minimum atomic E-state index is -1.46. The van der Waals surface area contributed by atoms with Crippen LogP contribution < -0.4 is 4.72 Å². The minimum Gasteiger partial charge on any atom is -0.300 e. The van der Waals surface area contributed by atoms with Gasteiger partial charge < -0.3 is 0 Å². The molecule has 50 valence electrons. The summed E-state index contributed by atoms with van der Waals surface area (Å²) in [6.07, 6.45) is 0. The minimum absolute atomic E-state index is 0.655. The number of nitrogens with one attached hydrogen (secondary N) is 1. The van der Waals surface area contributed by atoms with E-state index in [0.29, 0.717) is 11.9 Å². The Bertz CT molecular complexity index is 186. The van der Waals surface area contributed by atoms with Gasteiger partial charge in [0.25, 0.3) is 0 Å². The molecule has 0 amide bonds. The maximum absolute atomic E-state index is 12.0. The van der Waals surface area contributed by atoms with Crippen molar-refractivity contribution in [3.8, 4) is 0 Å². The second-order valence-electron chi connectivity index (χ2n) is 1.31. The van der Waals surface area contributed by atoms with Crippen molar-refractivity contribution in [1.82, 2.24) is 4.72 Å². The van der Waals surface area contributed by atoms with Gasteiger partial charge in [0.2, 0.25) is 11.8 Å². The van der Waals surface area contributed by atoms with E-state index in [9.17, 15) is 13.2 Å². The summed E-state index contributed by atoms with van der Waals surface area (Å²) in [6, 6.07) is 0. The fraction of sp³-hybridized carbons (Fsp3) is 0. The van der Waals surface area contributed by atoms with E-state index in [0.717, 1.165) is 5.41 Å². The van der Waals surface area contributed by atoms with E-state index < -0.39 is 17.6 Å².